The molecule has 5 nitrogen and oxygen atoms in total. The van der Waals surface area contributed by atoms with Crippen LogP contribution >= 0.6 is 23.1 Å². The predicted octanol–water partition coefficient (Wildman–Crippen LogP) is 4.99. The highest BCUT2D eigenvalue weighted by atomic mass is 32.2. The van der Waals surface area contributed by atoms with Gasteiger partial charge in [-0.25, -0.2) is 0 Å². The van der Waals surface area contributed by atoms with Crippen molar-refractivity contribution in [2.75, 3.05) is 17.7 Å². The average Bonchev–Trinajstić information content (AvgIpc) is 3.14. The summed E-state index contributed by atoms with van der Waals surface area (Å²) in [6, 6.07) is 17.2. The lowest BCUT2D eigenvalue weighted by molar-refractivity contribution is 0.102. The Labute approximate surface area is 166 Å². The zero-order chi connectivity index (χ0) is 18.9. The topological polar surface area (TPSA) is 64.1 Å². The Morgan fingerprint density at radius 2 is 2.04 bits per heavy atom. The van der Waals surface area contributed by atoms with Gasteiger partial charge in [0.2, 0.25) is 5.13 Å². The SMILES string of the molecule is CCOc1cccc(C(=O)Nc2nnc(SCC=Cc3ccccc3)s2)c1. The molecule has 0 spiro atoms. The number of hydrogen-bond acceptors (Lipinski definition) is 6. The van der Waals surface area contributed by atoms with Crippen molar-refractivity contribution in [3.05, 3.63) is 71.8 Å². The van der Waals surface area contributed by atoms with Crippen LogP contribution in [0.4, 0.5) is 5.13 Å². The predicted molar refractivity (Wildman–Crippen MR) is 112 cm³/mol. The number of nitrogens with zero attached hydrogens (tertiary/aromatic N) is 2. The maximum Gasteiger partial charge on any atom is 0.257 e. The Morgan fingerprint density at radius 1 is 1.19 bits per heavy atom. The van der Waals surface area contributed by atoms with Gasteiger partial charge in [0.05, 0.1) is 6.61 Å². The number of anilines is 1. The third kappa shape index (κ3) is 5.94. The Balaban J connectivity index is 1.52. The first-order valence-corrected chi connectivity index (χ1v) is 10.3. The lowest BCUT2D eigenvalue weighted by Gasteiger charge is -2.05. The van der Waals surface area contributed by atoms with Crippen molar-refractivity contribution in [3.8, 4) is 5.75 Å². The van der Waals surface area contributed by atoms with Crippen LogP contribution in [0.5, 0.6) is 5.75 Å². The highest BCUT2D eigenvalue weighted by Gasteiger charge is 2.11. The van der Waals surface area contributed by atoms with Crippen LogP contribution in [0.3, 0.4) is 0 Å². The quantitative estimate of drug-likeness (QED) is 0.428. The van der Waals surface area contributed by atoms with Gasteiger partial charge in [-0.05, 0) is 30.7 Å². The molecule has 0 fully saturated rings. The lowest BCUT2D eigenvalue weighted by atomic mass is 10.2. The third-order valence-corrected chi connectivity index (χ3v) is 5.37. The van der Waals surface area contributed by atoms with Crippen LogP contribution in [0.2, 0.25) is 0 Å². The maximum atomic E-state index is 12.4. The first kappa shape index (κ1) is 19.1. The Hall–Kier alpha value is -2.64. The van der Waals surface area contributed by atoms with Crippen LogP contribution < -0.4 is 10.1 Å². The highest BCUT2D eigenvalue weighted by Crippen LogP contribution is 2.26. The van der Waals surface area contributed by atoms with Crippen molar-refractivity contribution in [1.29, 1.82) is 0 Å². The van der Waals surface area contributed by atoms with Crippen molar-refractivity contribution in [1.82, 2.24) is 10.2 Å². The molecular weight excluding hydrogens is 378 g/mol. The molecular formula is C20H19N3O2S2. The second-order valence-electron chi connectivity index (χ2n) is 5.41. The molecule has 1 N–H and O–H groups in total. The Bertz CT molecular complexity index is 910. The van der Waals surface area contributed by atoms with Crippen molar-refractivity contribution in [2.24, 2.45) is 0 Å². The summed E-state index contributed by atoms with van der Waals surface area (Å²) in [5.74, 6) is 1.23. The van der Waals surface area contributed by atoms with Crippen molar-refractivity contribution < 1.29 is 9.53 Å². The molecule has 27 heavy (non-hydrogen) atoms. The van der Waals surface area contributed by atoms with Crippen molar-refractivity contribution in [2.45, 2.75) is 11.3 Å². The third-order valence-electron chi connectivity index (χ3n) is 3.45. The lowest BCUT2D eigenvalue weighted by Crippen LogP contribution is -2.11. The van der Waals surface area contributed by atoms with E-state index >= 15 is 0 Å². The summed E-state index contributed by atoms with van der Waals surface area (Å²) in [6.45, 7) is 2.46. The molecule has 0 atom stereocenters. The largest absolute Gasteiger partial charge is 0.494 e. The summed E-state index contributed by atoms with van der Waals surface area (Å²) < 4.78 is 6.23. The maximum absolute atomic E-state index is 12.4. The van der Waals surface area contributed by atoms with Gasteiger partial charge in [-0.1, -0.05) is 71.6 Å². The van der Waals surface area contributed by atoms with Crippen LogP contribution in [0.25, 0.3) is 6.08 Å². The minimum atomic E-state index is -0.228. The van der Waals surface area contributed by atoms with E-state index in [9.17, 15) is 4.79 Å². The van der Waals surface area contributed by atoms with E-state index in [1.807, 2.05) is 31.2 Å². The summed E-state index contributed by atoms with van der Waals surface area (Å²) in [5.41, 5.74) is 1.69. The fourth-order valence-electron chi connectivity index (χ4n) is 2.25. The molecule has 0 aliphatic heterocycles. The summed E-state index contributed by atoms with van der Waals surface area (Å²) in [4.78, 5) is 12.4. The number of amides is 1. The van der Waals surface area contributed by atoms with E-state index in [0.717, 1.165) is 15.7 Å². The second-order valence-corrected chi connectivity index (χ2v) is 7.66. The van der Waals surface area contributed by atoms with E-state index in [4.69, 9.17) is 4.74 Å². The molecule has 0 aliphatic carbocycles. The molecule has 2 aromatic carbocycles. The van der Waals surface area contributed by atoms with Crippen LogP contribution in [0.15, 0.2) is 65.0 Å². The average molecular weight is 398 g/mol. The first-order chi connectivity index (χ1) is 13.2. The van der Waals surface area contributed by atoms with Gasteiger partial charge < -0.3 is 4.74 Å². The zero-order valence-corrected chi connectivity index (χ0v) is 16.4. The van der Waals surface area contributed by atoms with Crippen LogP contribution in [0, 0.1) is 0 Å². The molecule has 1 heterocycles. The standard InChI is InChI=1S/C20H19N3O2S2/c1-2-25-17-12-6-11-16(14-17)18(24)21-19-22-23-20(27-19)26-13-7-10-15-8-4-3-5-9-15/h3-12,14H,2,13H2,1H3,(H,21,22,24). The smallest absolute Gasteiger partial charge is 0.257 e. The molecule has 138 valence electrons. The number of ether oxygens (including phenoxy) is 1. The van der Waals surface area contributed by atoms with Crippen LogP contribution in [-0.2, 0) is 0 Å². The van der Waals surface area contributed by atoms with Gasteiger partial charge in [-0.15, -0.1) is 10.2 Å². The number of carbonyl (C=O) groups excluding carboxylic acids is 1. The molecule has 3 rings (SSSR count). The van der Waals surface area contributed by atoms with E-state index in [1.54, 1.807) is 30.0 Å². The minimum absolute atomic E-state index is 0.228. The fourth-order valence-corrected chi connectivity index (χ4v) is 3.83. The number of nitrogens with one attached hydrogen (secondary N) is 1. The number of rotatable bonds is 8. The van der Waals surface area contributed by atoms with Gasteiger partial charge in [0.15, 0.2) is 4.34 Å². The summed E-state index contributed by atoms with van der Waals surface area (Å²) >= 11 is 2.94. The number of aromatic nitrogens is 2. The van der Waals surface area contributed by atoms with Gasteiger partial charge in [-0.3, -0.25) is 10.1 Å². The number of benzene rings is 2. The van der Waals surface area contributed by atoms with Crippen LogP contribution in [-0.4, -0.2) is 28.5 Å². The summed E-state index contributed by atoms with van der Waals surface area (Å²) in [6.07, 6.45) is 4.15. The van der Waals surface area contributed by atoms with Gasteiger partial charge in [-0.2, -0.15) is 0 Å². The molecule has 1 amide bonds. The molecule has 3 aromatic rings. The molecule has 0 radical (unpaired) electrons. The Kier molecular flexibility index (Phi) is 7.01. The number of carbonyl (C=O) groups is 1. The molecule has 0 saturated carbocycles. The van der Waals surface area contributed by atoms with Gasteiger partial charge in [0.1, 0.15) is 5.75 Å². The Morgan fingerprint density at radius 3 is 2.85 bits per heavy atom. The molecule has 0 saturated heterocycles. The van der Waals surface area contributed by atoms with Gasteiger partial charge in [0.25, 0.3) is 5.91 Å². The molecule has 0 unspecified atom stereocenters. The summed E-state index contributed by atoms with van der Waals surface area (Å²) in [5, 5.41) is 11.4. The van der Waals surface area contributed by atoms with Crippen LogP contribution in [0.1, 0.15) is 22.8 Å². The number of hydrogen-bond donors (Lipinski definition) is 1. The fraction of sp³-hybridized carbons (Fsp3) is 0.150. The van der Waals surface area contributed by atoms with Crippen molar-refractivity contribution >= 4 is 40.2 Å². The minimum Gasteiger partial charge on any atom is -0.494 e. The molecule has 0 bridgehead atoms. The summed E-state index contributed by atoms with van der Waals surface area (Å²) in [7, 11) is 0. The van der Waals surface area contributed by atoms with E-state index in [-0.39, 0.29) is 5.91 Å². The van der Waals surface area contributed by atoms with E-state index in [0.29, 0.717) is 23.1 Å². The second kappa shape index (κ2) is 9.89. The normalized spacial score (nSPS) is 10.9. The number of thioether (sulfide) groups is 1. The first-order valence-electron chi connectivity index (χ1n) is 8.46. The zero-order valence-electron chi connectivity index (χ0n) is 14.8. The molecule has 7 heteroatoms. The monoisotopic (exact) mass is 397 g/mol. The van der Waals surface area contributed by atoms with E-state index in [2.05, 4.69) is 39.8 Å². The molecule has 0 aliphatic rings. The highest BCUT2D eigenvalue weighted by molar-refractivity contribution is 8.01. The van der Waals surface area contributed by atoms with E-state index < -0.39 is 0 Å². The van der Waals surface area contributed by atoms with Gasteiger partial charge >= 0.3 is 0 Å². The molecule has 1 aromatic heterocycles. The van der Waals surface area contributed by atoms with E-state index in [1.165, 1.54) is 11.3 Å². The van der Waals surface area contributed by atoms with Crippen molar-refractivity contribution in [3.63, 3.8) is 0 Å². The van der Waals surface area contributed by atoms with Gasteiger partial charge in [0, 0.05) is 11.3 Å².